The van der Waals surface area contributed by atoms with Crippen LogP contribution in [0.4, 0.5) is 23.0 Å². The second kappa shape index (κ2) is 7.35. The van der Waals surface area contributed by atoms with Crippen molar-refractivity contribution in [2.45, 2.75) is 27.7 Å². The second-order valence-corrected chi connectivity index (χ2v) is 6.39. The molecule has 3 rings (SSSR count). The zero-order valence-electron chi connectivity index (χ0n) is 15.4. The summed E-state index contributed by atoms with van der Waals surface area (Å²) in [6.07, 6.45) is 0. The van der Waals surface area contributed by atoms with Gasteiger partial charge in [0.25, 0.3) is 0 Å². The molecule has 5 heteroatoms. The zero-order valence-corrected chi connectivity index (χ0v) is 15.4. The van der Waals surface area contributed by atoms with Gasteiger partial charge in [-0.1, -0.05) is 17.7 Å². The van der Waals surface area contributed by atoms with Crippen LogP contribution in [0.5, 0.6) is 0 Å². The highest BCUT2D eigenvalue weighted by Crippen LogP contribution is 2.23. The van der Waals surface area contributed by atoms with Crippen molar-refractivity contribution < 1.29 is 4.79 Å². The number of nitrogens with zero attached hydrogens (tertiary/aromatic N) is 2. The number of benzene rings is 2. The number of nitrogens with one attached hydrogen (secondary N) is 2. The first-order valence-corrected chi connectivity index (χ1v) is 8.49. The average molecular weight is 346 g/mol. The highest BCUT2D eigenvalue weighted by atomic mass is 16.1. The Balaban J connectivity index is 1.82. The summed E-state index contributed by atoms with van der Waals surface area (Å²) in [6.45, 7) is 7.56. The van der Waals surface area contributed by atoms with E-state index >= 15 is 0 Å². The van der Waals surface area contributed by atoms with Crippen molar-refractivity contribution in [1.82, 2.24) is 9.97 Å². The maximum absolute atomic E-state index is 11.4. The fraction of sp³-hybridized carbons (Fsp3) is 0.190. The van der Waals surface area contributed by atoms with Crippen LogP contribution in [-0.4, -0.2) is 15.8 Å². The molecule has 0 aliphatic rings. The number of anilines is 4. The van der Waals surface area contributed by atoms with Gasteiger partial charge in [-0.2, -0.15) is 0 Å². The number of hydrogen-bond donors (Lipinski definition) is 2. The van der Waals surface area contributed by atoms with Crippen molar-refractivity contribution in [2.24, 2.45) is 0 Å². The molecule has 0 saturated carbocycles. The minimum atomic E-state index is 0.0504. The minimum absolute atomic E-state index is 0.0504. The Kier molecular flexibility index (Phi) is 4.98. The van der Waals surface area contributed by atoms with Crippen molar-refractivity contribution in [3.8, 4) is 0 Å². The van der Waals surface area contributed by atoms with Crippen molar-refractivity contribution in [2.75, 3.05) is 10.6 Å². The molecule has 5 nitrogen and oxygen atoms in total. The number of carbonyl (C=O) groups is 1. The molecule has 0 atom stereocenters. The largest absolute Gasteiger partial charge is 0.340 e. The molecule has 0 fully saturated rings. The molecule has 0 amide bonds. The normalized spacial score (nSPS) is 10.5. The molecule has 1 heterocycles. The van der Waals surface area contributed by atoms with Gasteiger partial charge < -0.3 is 10.6 Å². The Morgan fingerprint density at radius 1 is 0.846 bits per heavy atom. The lowest BCUT2D eigenvalue weighted by atomic mass is 10.1. The number of hydrogen-bond acceptors (Lipinski definition) is 5. The molecular weight excluding hydrogens is 324 g/mol. The summed E-state index contributed by atoms with van der Waals surface area (Å²) in [5.41, 5.74) is 4.96. The van der Waals surface area contributed by atoms with E-state index in [1.54, 1.807) is 19.1 Å². The number of aryl methyl sites for hydroxylation is 3. The van der Waals surface area contributed by atoms with Gasteiger partial charge in [0.15, 0.2) is 5.78 Å². The van der Waals surface area contributed by atoms with Crippen LogP contribution in [0.1, 0.15) is 34.2 Å². The van der Waals surface area contributed by atoms with E-state index in [4.69, 9.17) is 0 Å². The van der Waals surface area contributed by atoms with Crippen LogP contribution >= 0.6 is 0 Å². The monoisotopic (exact) mass is 346 g/mol. The molecule has 0 aliphatic carbocycles. The van der Waals surface area contributed by atoms with Crippen molar-refractivity contribution in [3.05, 3.63) is 71.0 Å². The van der Waals surface area contributed by atoms with E-state index in [0.717, 1.165) is 22.8 Å². The summed E-state index contributed by atoms with van der Waals surface area (Å²) in [5, 5.41) is 6.61. The van der Waals surface area contributed by atoms with Gasteiger partial charge in [0.2, 0.25) is 0 Å². The number of rotatable bonds is 5. The third-order valence-electron chi connectivity index (χ3n) is 4.05. The first-order chi connectivity index (χ1) is 12.4. The summed E-state index contributed by atoms with van der Waals surface area (Å²) in [5.74, 6) is 2.14. The number of carbonyl (C=O) groups excluding carboxylic acids is 1. The number of aromatic nitrogens is 2. The topological polar surface area (TPSA) is 66.9 Å². The predicted molar refractivity (Wildman–Crippen MR) is 106 cm³/mol. The molecule has 3 aromatic rings. The first kappa shape index (κ1) is 17.6. The third-order valence-corrected chi connectivity index (χ3v) is 4.05. The summed E-state index contributed by atoms with van der Waals surface area (Å²) in [7, 11) is 0. The summed E-state index contributed by atoms with van der Waals surface area (Å²) in [6, 6.07) is 15.4. The highest BCUT2D eigenvalue weighted by Gasteiger charge is 2.06. The Hall–Kier alpha value is -3.21. The van der Waals surface area contributed by atoms with E-state index in [1.807, 2.05) is 25.1 Å². The van der Waals surface area contributed by atoms with E-state index in [-0.39, 0.29) is 5.78 Å². The summed E-state index contributed by atoms with van der Waals surface area (Å²) in [4.78, 5) is 20.3. The highest BCUT2D eigenvalue weighted by molar-refractivity contribution is 5.94. The zero-order chi connectivity index (χ0) is 18.7. The van der Waals surface area contributed by atoms with Gasteiger partial charge in [-0.3, -0.25) is 4.79 Å². The van der Waals surface area contributed by atoms with Gasteiger partial charge in [0, 0.05) is 23.0 Å². The third kappa shape index (κ3) is 4.25. The smallest absolute Gasteiger partial charge is 0.159 e. The molecule has 0 saturated heterocycles. The fourth-order valence-corrected chi connectivity index (χ4v) is 2.72. The second-order valence-electron chi connectivity index (χ2n) is 6.39. The SMILES string of the molecule is CC(=O)c1ccc(Nc2cc(Nc3ccc(C)cc3C)nc(C)n2)cc1. The molecule has 0 spiro atoms. The lowest BCUT2D eigenvalue weighted by molar-refractivity contribution is 0.101. The minimum Gasteiger partial charge on any atom is -0.340 e. The maximum atomic E-state index is 11.4. The Bertz CT molecular complexity index is 949. The quantitative estimate of drug-likeness (QED) is 0.630. The molecule has 0 unspecified atom stereocenters. The molecule has 2 N–H and O–H groups in total. The molecule has 0 bridgehead atoms. The van der Waals surface area contributed by atoms with Crippen LogP contribution in [0.2, 0.25) is 0 Å². The van der Waals surface area contributed by atoms with Gasteiger partial charge in [-0.25, -0.2) is 9.97 Å². The standard InChI is InChI=1S/C21H22N4O/c1-13-5-10-19(14(2)11-13)25-21-12-20(22-16(4)23-21)24-18-8-6-17(7-9-18)15(3)26/h5-12H,1-4H3,(H2,22,23,24,25). The number of Topliss-reactive ketones (excluding diaryl/α,β-unsaturated/α-hetero) is 1. The van der Waals surface area contributed by atoms with Crippen molar-refractivity contribution >= 4 is 28.8 Å². The first-order valence-electron chi connectivity index (χ1n) is 8.49. The fourth-order valence-electron chi connectivity index (χ4n) is 2.72. The molecule has 132 valence electrons. The van der Waals surface area contributed by atoms with Crippen LogP contribution in [0, 0.1) is 20.8 Å². The van der Waals surface area contributed by atoms with E-state index in [2.05, 4.69) is 52.6 Å². The van der Waals surface area contributed by atoms with Gasteiger partial charge >= 0.3 is 0 Å². The predicted octanol–water partition coefficient (Wildman–Crippen LogP) is 5.09. The van der Waals surface area contributed by atoms with Crippen LogP contribution in [0.3, 0.4) is 0 Å². The van der Waals surface area contributed by atoms with Gasteiger partial charge in [0.1, 0.15) is 17.5 Å². The van der Waals surface area contributed by atoms with Crippen molar-refractivity contribution in [3.63, 3.8) is 0 Å². The van der Waals surface area contributed by atoms with Gasteiger partial charge in [-0.15, -0.1) is 0 Å². The van der Waals surface area contributed by atoms with Crippen LogP contribution < -0.4 is 10.6 Å². The molecule has 26 heavy (non-hydrogen) atoms. The summed E-state index contributed by atoms with van der Waals surface area (Å²) >= 11 is 0. The van der Waals surface area contributed by atoms with E-state index in [9.17, 15) is 4.79 Å². The molecular formula is C21H22N4O. The average Bonchev–Trinajstić information content (AvgIpc) is 2.57. The Labute approximate surface area is 153 Å². The maximum Gasteiger partial charge on any atom is 0.159 e. The van der Waals surface area contributed by atoms with E-state index in [0.29, 0.717) is 17.2 Å². The Morgan fingerprint density at radius 3 is 2.12 bits per heavy atom. The molecule has 0 radical (unpaired) electrons. The van der Waals surface area contributed by atoms with Crippen LogP contribution in [-0.2, 0) is 0 Å². The molecule has 1 aromatic heterocycles. The summed E-state index contributed by atoms with van der Waals surface area (Å²) < 4.78 is 0. The van der Waals surface area contributed by atoms with E-state index < -0.39 is 0 Å². The van der Waals surface area contributed by atoms with Crippen LogP contribution in [0.25, 0.3) is 0 Å². The van der Waals surface area contributed by atoms with Crippen LogP contribution in [0.15, 0.2) is 48.5 Å². The van der Waals surface area contributed by atoms with Gasteiger partial charge in [-0.05, 0) is 63.6 Å². The van der Waals surface area contributed by atoms with Crippen molar-refractivity contribution in [1.29, 1.82) is 0 Å². The van der Waals surface area contributed by atoms with E-state index in [1.165, 1.54) is 5.56 Å². The Morgan fingerprint density at radius 2 is 1.50 bits per heavy atom. The lowest BCUT2D eigenvalue weighted by Gasteiger charge is -2.12. The molecule has 0 aliphatic heterocycles. The molecule has 2 aromatic carbocycles. The lowest BCUT2D eigenvalue weighted by Crippen LogP contribution is -2.02. The number of ketones is 1. The van der Waals surface area contributed by atoms with Gasteiger partial charge in [0.05, 0.1) is 0 Å².